The lowest BCUT2D eigenvalue weighted by Gasteiger charge is -2.43. The molecule has 0 aromatic carbocycles. The first-order chi connectivity index (χ1) is 10.1. The monoisotopic (exact) mass is 294 g/mol. The molecule has 1 saturated carbocycles. The van der Waals surface area contributed by atoms with Crippen LogP contribution in [0.4, 0.5) is 0 Å². The molecule has 0 radical (unpaired) electrons. The molecular formula is C19H38N2. The van der Waals surface area contributed by atoms with Crippen LogP contribution in [0.3, 0.4) is 0 Å². The van der Waals surface area contributed by atoms with Crippen molar-refractivity contribution in [2.45, 2.75) is 97.2 Å². The molecule has 2 aliphatic rings. The molecule has 1 saturated heterocycles. The fourth-order valence-electron chi connectivity index (χ4n) is 4.65. The summed E-state index contributed by atoms with van der Waals surface area (Å²) in [6.45, 7) is 12.0. The zero-order valence-corrected chi connectivity index (χ0v) is 14.9. The van der Waals surface area contributed by atoms with E-state index in [4.69, 9.17) is 0 Å². The summed E-state index contributed by atoms with van der Waals surface area (Å²) in [5, 5.41) is 4.02. The van der Waals surface area contributed by atoms with Crippen molar-refractivity contribution in [2.24, 2.45) is 11.8 Å². The Morgan fingerprint density at radius 3 is 2.38 bits per heavy atom. The van der Waals surface area contributed by atoms with Crippen molar-refractivity contribution in [1.82, 2.24) is 10.2 Å². The summed E-state index contributed by atoms with van der Waals surface area (Å²) in [7, 11) is 0. The smallest absolute Gasteiger partial charge is 0.0197 e. The molecule has 2 heteroatoms. The molecule has 3 unspecified atom stereocenters. The van der Waals surface area contributed by atoms with Crippen molar-refractivity contribution in [1.29, 1.82) is 0 Å². The number of fused-ring (bicyclic) bond motifs is 1. The van der Waals surface area contributed by atoms with Crippen LogP contribution < -0.4 is 5.32 Å². The van der Waals surface area contributed by atoms with Crippen molar-refractivity contribution < 1.29 is 0 Å². The van der Waals surface area contributed by atoms with E-state index in [2.05, 4.69) is 37.9 Å². The van der Waals surface area contributed by atoms with Crippen LogP contribution >= 0.6 is 0 Å². The van der Waals surface area contributed by atoms with E-state index in [0.717, 1.165) is 30.0 Å². The highest BCUT2D eigenvalue weighted by Crippen LogP contribution is 2.32. The van der Waals surface area contributed by atoms with Crippen molar-refractivity contribution in [3.05, 3.63) is 0 Å². The lowest BCUT2D eigenvalue weighted by Crippen LogP contribution is -2.54. The van der Waals surface area contributed by atoms with Gasteiger partial charge in [-0.25, -0.2) is 0 Å². The van der Waals surface area contributed by atoms with Gasteiger partial charge in [0.1, 0.15) is 0 Å². The maximum absolute atomic E-state index is 4.02. The molecule has 2 rings (SSSR count). The zero-order valence-electron chi connectivity index (χ0n) is 14.9. The molecule has 2 nitrogen and oxygen atoms in total. The topological polar surface area (TPSA) is 15.3 Å². The Hall–Kier alpha value is -0.0800. The fraction of sp³-hybridized carbons (Fsp3) is 1.00. The number of piperidine rings is 1. The minimum absolute atomic E-state index is 0.740. The first-order valence-corrected chi connectivity index (χ1v) is 9.64. The van der Waals surface area contributed by atoms with Crippen LogP contribution in [0.25, 0.3) is 0 Å². The SMILES string of the molecule is CCC(CC)N(CC(C)C)CC1CCC2CCCCC2N1. The molecule has 0 amide bonds. The molecule has 21 heavy (non-hydrogen) atoms. The highest BCUT2D eigenvalue weighted by molar-refractivity contribution is 4.91. The van der Waals surface area contributed by atoms with Gasteiger partial charge >= 0.3 is 0 Å². The molecule has 2 fully saturated rings. The van der Waals surface area contributed by atoms with Gasteiger partial charge in [0.2, 0.25) is 0 Å². The second-order valence-electron chi connectivity index (χ2n) is 7.91. The lowest BCUT2D eigenvalue weighted by atomic mass is 9.77. The van der Waals surface area contributed by atoms with Gasteiger partial charge in [-0.1, -0.05) is 40.5 Å². The molecule has 1 N–H and O–H groups in total. The Labute approximate surface area is 133 Å². The van der Waals surface area contributed by atoms with Crippen molar-refractivity contribution in [3.63, 3.8) is 0 Å². The molecule has 0 aromatic heterocycles. The van der Waals surface area contributed by atoms with Gasteiger partial charge in [0.05, 0.1) is 0 Å². The van der Waals surface area contributed by atoms with E-state index in [1.165, 1.54) is 64.5 Å². The standard InChI is InChI=1S/C19H38N2/c1-5-18(6-2)21(13-15(3)4)14-17-12-11-16-9-7-8-10-19(16)20-17/h15-20H,5-14H2,1-4H3. The van der Waals surface area contributed by atoms with E-state index in [1.807, 2.05) is 0 Å². The highest BCUT2D eigenvalue weighted by atomic mass is 15.2. The third-order valence-electron chi connectivity index (χ3n) is 5.76. The van der Waals surface area contributed by atoms with E-state index in [-0.39, 0.29) is 0 Å². The molecule has 1 aliphatic carbocycles. The quantitative estimate of drug-likeness (QED) is 0.746. The Bertz CT molecular complexity index is 285. The van der Waals surface area contributed by atoms with Crippen LogP contribution in [0.1, 0.15) is 79.1 Å². The Morgan fingerprint density at radius 1 is 1.00 bits per heavy atom. The van der Waals surface area contributed by atoms with Gasteiger partial charge in [0, 0.05) is 31.2 Å². The van der Waals surface area contributed by atoms with Gasteiger partial charge in [-0.2, -0.15) is 0 Å². The van der Waals surface area contributed by atoms with Gasteiger partial charge in [-0.05, 0) is 50.4 Å². The Balaban J connectivity index is 1.89. The molecule has 0 spiro atoms. The van der Waals surface area contributed by atoms with Crippen molar-refractivity contribution in [3.8, 4) is 0 Å². The predicted molar refractivity (Wildman–Crippen MR) is 92.7 cm³/mol. The van der Waals surface area contributed by atoms with Crippen molar-refractivity contribution >= 4 is 0 Å². The van der Waals surface area contributed by atoms with Crippen LogP contribution in [0, 0.1) is 11.8 Å². The first-order valence-electron chi connectivity index (χ1n) is 9.64. The fourth-order valence-corrected chi connectivity index (χ4v) is 4.65. The van der Waals surface area contributed by atoms with E-state index in [1.54, 1.807) is 0 Å². The van der Waals surface area contributed by atoms with E-state index < -0.39 is 0 Å². The lowest BCUT2D eigenvalue weighted by molar-refractivity contribution is 0.109. The average Bonchev–Trinajstić information content (AvgIpc) is 2.47. The summed E-state index contributed by atoms with van der Waals surface area (Å²) in [4.78, 5) is 2.78. The summed E-state index contributed by atoms with van der Waals surface area (Å²) in [5.74, 6) is 1.76. The molecule has 0 aromatic rings. The van der Waals surface area contributed by atoms with Crippen LogP contribution in [0.5, 0.6) is 0 Å². The number of hydrogen-bond acceptors (Lipinski definition) is 2. The summed E-state index contributed by atoms with van der Waals surface area (Å²) in [6, 6.07) is 2.35. The number of rotatable bonds is 7. The molecule has 0 bridgehead atoms. The molecule has 1 aliphatic heterocycles. The minimum Gasteiger partial charge on any atom is -0.310 e. The van der Waals surface area contributed by atoms with E-state index in [0.29, 0.717) is 0 Å². The van der Waals surface area contributed by atoms with Crippen molar-refractivity contribution in [2.75, 3.05) is 13.1 Å². The van der Waals surface area contributed by atoms with Gasteiger partial charge in [0.15, 0.2) is 0 Å². The average molecular weight is 295 g/mol. The van der Waals surface area contributed by atoms with E-state index in [9.17, 15) is 0 Å². The summed E-state index contributed by atoms with van der Waals surface area (Å²) in [6.07, 6.45) is 11.3. The Morgan fingerprint density at radius 2 is 1.71 bits per heavy atom. The maximum atomic E-state index is 4.02. The first kappa shape index (κ1) is 17.3. The highest BCUT2D eigenvalue weighted by Gasteiger charge is 2.32. The van der Waals surface area contributed by atoms with Crippen LogP contribution in [-0.2, 0) is 0 Å². The number of nitrogens with one attached hydrogen (secondary N) is 1. The molecular weight excluding hydrogens is 256 g/mol. The summed E-state index contributed by atoms with van der Waals surface area (Å²) >= 11 is 0. The number of hydrogen-bond donors (Lipinski definition) is 1. The van der Waals surface area contributed by atoms with Crippen LogP contribution in [0.15, 0.2) is 0 Å². The summed E-state index contributed by atoms with van der Waals surface area (Å²) < 4.78 is 0. The zero-order chi connectivity index (χ0) is 15.2. The second kappa shape index (κ2) is 8.53. The second-order valence-corrected chi connectivity index (χ2v) is 7.91. The largest absolute Gasteiger partial charge is 0.310 e. The third kappa shape index (κ3) is 4.96. The molecule has 3 atom stereocenters. The predicted octanol–water partition coefficient (Wildman–Crippen LogP) is 4.44. The van der Waals surface area contributed by atoms with Crippen LogP contribution in [-0.4, -0.2) is 36.1 Å². The van der Waals surface area contributed by atoms with Gasteiger partial charge < -0.3 is 5.32 Å². The number of nitrogens with zero attached hydrogens (tertiary/aromatic N) is 1. The molecule has 1 heterocycles. The normalized spacial score (nSPS) is 30.1. The van der Waals surface area contributed by atoms with E-state index >= 15 is 0 Å². The minimum atomic E-state index is 0.740. The Kier molecular flexibility index (Phi) is 7.01. The van der Waals surface area contributed by atoms with Crippen LogP contribution in [0.2, 0.25) is 0 Å². The van der Waals surface area contributed by atoms with Gasteiger partial charge in [-0.15, -0.1) is 0 Å². The van der Waals surface area contributed by atoms with Gasteiger partial charge in [0.25, 0.3) is 0 Å². The molecule has 124 valence electrons. The maximum Gasteiger partial charge on any atom is 0.0197 e. The third-order valence-corrected chi connectivity index (χ3v) is 5.76. The van der Waals surface area contributed by atoms with Gasteiger partial charge in [-0.3, -0.25) is 4.90 Å². The summed E-state index contributed by atoms with van der Waals surface area (Å²) in [5.41, 5.74) is 0.